The van der Waals surface area contributed by atoms with Gasteiger partial charge >= 0.3 is 0 Å². The monoisotopic (exact) mass is 320 g/mol. The SMILES string of the molecule is CCN1CCN(C[C@H](O)COc2ccc(C(C)C)c(C)c2)CC1. The molecule has 1 atom stereocenters. The number of rotatable bonds is 7. The van der Waals surface area contributed by atoms with Crippen LogP contribution in [0.5, 0.6) is 5.75 Å². The lowest BCUT2D eigenvalue weighted by Gasteiger charge is -2.34. The van der Waals surface area contributed by atoms with E-state index in [1.165, 1.54) is 11.1 Å². The first-order chi connectivity index (χ1) is 11.0. The summed E-state index contributed by atoms with van der Waals surface area (Å²) in [5, 5.41) is 10.2. The zero-order chi connectivity index (χ0) is 16.8. The number of aryl methyl sites for hydroxylation is 1. The molecule has 0 unspecified atom stereocenters. The van der Waals surface area contributed by atoms with Crippen molar-refractivity contribution in [3.8, 4) is 5.75 Å². The summed E-state index contributed by atoms with van der Waals surface area (Å²) in [6.45, 7) is 15.1. The summed E-state index contributed by atoms with van der Waals surface area (Å²) in [5.41, 5.74) is 2.61. The fourth-order valence-corrected chi connectivity index (χ4v) is 3.22. The van der Waals surface area contributed by atoms with Gasteiger partial charge in [0, 0.05) is 32.7 Å². The number of piperazine rings is 1. The minimum Gasteiger partial charge on any atom is -0.491 e. The molecule has 1 fully saturated rings. The van der Waals surface area contributed by atoms with Gasteiger partial charge in [0.05, 0.1) is 0 Å². The Labute approximate surface area is 141 Å². The van der Waals surface area contributed by atoms with Gasteiger partial charge in [-0.05, 0) is 42.6 Å². The molecule has 0 amide bonds. The lowest BCUT2D eigenvalue weighted by Crippen LogP contribution is -2.49. The van der Waals surface area contributed by atoms with Crippen LogP contribution in [0.25, 0.3) is 0 Å². The summed E-state index contributed by atoms with van der Waals surface area (Å²) in [6, 6.07) is 6.21. The van der Waals surface area contributed by atoms with E-state index in [0.717, 1.165) is 38.5 Å². The van der Waals surface area contributed by atoms with Crippen molar-refractivity contribution < 1.29 is 9.84 Å². The number of aliphatic hydroxyl groups excluding tert-OH is 1. The molecular formula is C19H32N2O2. The van der Waals surface area contributed by atoms with E-state index < -0.39 is 6.10 Å². The van der Waals surface area contributed by atoms with E-state index >= 15 is 0 Å². The van der Waals surface area contributed by atoms with Crippen molar-refractivity contribution in [2.24, 2.45) is 0 Å². The first-order valence-electron chi connectivity index (χ1n) is 8.85. The third-order valence-corrected chi connectivity index (χ3v) is 4.69. The average Bonchev–Trinajstić information content (AvgIpc) is 2.53. The van der Waals surface area contributed by atoms with Crippen molar-refractivity contribution in [3.63, 3.8) is 0 Å². The lowest BCUT2D eigenvalue weighted by molar-refractivity contribution is 0.0471. The Morgan fingerprint density at radius 3 is 2.35 bits per heavy atom. The second kappa shape index (κ2) is 8.67. The largest absolute Gasteiger partial charge is 0.491 e. The minimum absolute atomic E-state index is 0.356. The van der Waals surface area contributed by atoms with E-state index in [0.29, 0.717) is 19.1 Å². The average molecular weight is 320 g/mol. The van der Waals surface area contributed by atoms with Gasteiger partial charge in [-0.1, -0.05) is 26.8 Å². The summed E-state index contributed by atoms with van der Waals surface area (Å²) in [5.74, 6) is 1.37. The molecule has 1 N–H and O–H groups in total. The van der Waals surface area contributed by atoms with Crippen molar-refractivity contribution in [2.45, 2.75) is 39.7 Å². The second-order valence-corrected chi connectivity index (χ2v) is 6.87. The molecule has 1 aromatic rings. The predicted molar refractivity (Wildman–Crippen MR) is 95.3 cm³/mol. The van der Waals surface area contributed by atoms with Crippen molar-refractivity contribution in [1.29, 1.82) is 0 Å². The summed E-state index contributed by atoms with van der Waals surface area (Å²) in [7, 11) is 0. The van der Waals surface area contributed by atoms with Crippen LogP contribution in [0, 0.1) is 6.92 Å². The topological polar surface area (TPSA) is 35.9 Å². The molecule has 1 aromatic carbocycles. The Hall–Kier alpha value is -1.10. The Balaban J connectivity index is 1.76. The molecule has 0 saturated carbocycles. The van der Waals surface area contributed by atoms with Gasteiger partial charge < -0.3 is 14.7 Å². The Morgan fingerprint density at radius 2 is 1.78 bits per heavy atom. The highest BCUT2D eigenvalue weighted by Gasteiger charge is 2.18. The number of hydrogen-bond acceptors (Lipinski definition) is 4. The molecule has 1 aliphatic rings. The van der Waals surface area contributed by atoms with Crippen molar-refractivity contribution in [1.82, 2.24) is 9.80 Å². The summed E-state index contributed by atoms with van der Waals surface area (Å²) in [6.07, 6.45) is -0.437. The summed E-state index contributed by atoms with van der Waals surface area (Å²) >= 11 is 0. The number of ether oxygens (including phenoxy) is 1. The molecule has 1 heterocycles. The molecule has 0 spiro atoms. The molecule has 0 radical (unpaired) electrons. The Kier molecular flexibility index (Phi) is 6.88. The van der Waals surface area contributed by atoms with Gasteiger partial charge in [-0.25, -0.2) is 0 Å². The van der Waals surface area contributed by atoms with Crippen LogP contribution < -0.4 is 4.74 Å². The van der Waals surface area contributed by atoms with Crippen LogP contribution >= 0.6 is 0 Å². The van der Waals surface area contributed by atoms with Crippen LogP contribution in [0.3, 0.4) is 0 Å². The summed E-state index contributed by atoms with van der Waals surface area (Å²) < 4.78 is 5.78. The molecule has 0 aromatic heterocycles. The summed E-state index contributed by atoms with van der Waals surface area (Å²) in [4.78, 5) is 4.77. The van der Waals surface area contributed by atoms with Gasteiger partial charge in [-0.15, -0.1) is 0 Å². The third-order valence-electron chi connectivity index (χ3n) is 4.69. The molecule has 2 rings (SSSR count). The van der Waals surface area contributed by atoms with Crippen LogP contribution in [0.15, 0.2) is 18.2 Å². The highest BCUT2D eigenvalue weighted by atomic mass is 16.5. The molecule has 0 aliphatic carbocycles. The number of β-amino-alcohol motifs (C(OH)–C–C–N with tert-alkyl or cyclic N) is 1. The maximum Gasteiger partial charge on any atom is 0.119 e. The predicted octanol–water partition coefficient (Wildman–Crippen LogP) is 2.50. The molecule has 4 nitrogen and oxygen atoms in total. The molecule has 130 valence electrons. The third kappa shape index (κ3) is 5.48. The van der Waals surface area contributed by atoms with Gasteiger partial charge in [0.1, 0.15) is 18.5 Å². The minimum atomic E-state index is -0.437. The fraction of sp³-hybridized carbons (Fsp3) is 0.684. The maximum absolute atomic E-state index is 10.2. The fourth-order valence-electron chi connectivity index (χ4n) is 3.22. The number of hydrogen-bond donors (Lipinski definition) is 1. The molecule has 0 bridgehead atoms. The van der Waals surface area contributed by atoms with Gasteiger partial charge in [-0.3, -0.25) is 4.90 Å². The van der Waals surface area contributed by atoms with Crippen molar-refractivity contribution >= 4 is 0 Å². The van der Waals surface area contributed by atoms with E-state index in [1.807, 2.05) is 6.07 Å². The number of benzene rings is 1. The smallest absolute Gasteiger partial charge is 0.119 e. The zero-order valence-corrected chi connectivity index (χ0v) is 15.1. The normalized spacial score (nSPS) is 18.3. The van der Waals surface area contributed by atoms with Gasteiger partial charge in [0.2, 0.25) is 0 Å². The number of nitrogens with zero attached hydrogens (tertiary/aromatic N) is 2. The number of likely N-dealkylation sites (N-methyl/N-ethyl adjacent to an activating group) is 1. The van der Waals surface area contributed by atoms with E-state index in [4.69, 9.17) is 4.74 Å². The standard InChI is InChI=1S/C19H32N2O2/c1-5-20-8-10-21(11-9-20)13-17(22)14-23-18-6-7-19(15(2)3)16(4)12-18/h6-7,12,15,17,22H,5,8-11,13-14H2,1-4H3/t17-/m0/s1. The molecule has 23 heavy (non-hydrogen) atoms. The zero-order valence-electron chi connectivity index (χ0n) is 15.1. The van der Waals surface area contributed by atoms with Crippen LogP contribution in [0.2, 0.25) is 0 Å². The van der Waals surface area contributed by atoms with E-state index in [-0.39, 0.29) is 0 Å². The Bertz CT molecular complexity index is 482. The van der Waals surface area contributed by atoms with Gasteiger partial charge in [0.15, 0.2) is 0 Å². The van der Waals surface area contributed by atoms with Crippen LogP contribution in [-0.2, 0) is 0 Å². The first-order valence-corrected chi connectivity index (χ1v) is 8.85. The van der Waals surface area contributed by atoms with Crippen LogP contribution in [0.1, 0.15) is 37.8 Å². The highest BCUT2D eigenvalue weighted by Crippen LogP contribution is 2.23. The highest BCUT2D eigenvalue weighted by molar-refractivity contribution is 5.36. The van der Waals surface area contributed by atoms with Gasteiger partial charge in [-0.2, -0.15) is 0 Å². The Morgan fingerprint density at radius 1 is 1.13 bits per heavy atom. The first kappa shape index (κ1) is 18.2. The number of aliphatic hydroxyl groups is 1. The van der Waals surface area contributed by atoms with E-state index in [9.17, 15) is 5.11 Å². The van der Waals surface area contributed by atoms with Gasteiger partial charge in [0.25, 0.3) is 0 Å². The maximum atomic E-state index is 10.2. The molecule has 1 saturated heterocycles. The molecule has 4 heteroatoms. The molecular weight excluding hydrogens is 288 g/mol. The van der Waals surface area contributed by atoms with Crippen LogP contribution in [0.4, 0.5) is 0 Å². The second-order valence-electron chi connectivity index (χ2n) is 6.87. The van der Waals surface area contributed by atoms with Crippen molar-refractivity contribution in [2.75, 3.05) is 45.9 Å². The van der Waals surface area contributed by atoms with Crippen molar-refractivity contribution in [3.05, 3.63) is 29.3 Å². The van der Waals surface area contributed by atoms with E-state index in [1.54, 1.807) is 0 Å². The van der Waals surface area contributed by atoms with E-state index in [2.05, 4.69) is 49.6 Å². The molecule has 1 aliphatic heterocycles. The lowest BCUT2D eigenvalue weighted by atomic mass is 9.98. The quantitative estimate of drug-likeness (QED) is 0.837. The van der Waals surface area contributed by atoms with Crippen LogP contribution in [-0.4, -0.2) is 66.9 Å².